The molecule has 0 aromatic heterocycles. The molecule has 0 heterocycles. The molecule has 0 radical (unpaired) electrons. The maximum Gasteiger partial charge on any atom is 0.0242 e. The molecule has 2 heteroatoms. The van der Waals surface area contributed by atoms with E-state index < -0.39 is 0 Å². The summed E-state index contributed by atoms with van der Waals surface area (Å²) in [7, 11) is 4.44. The number of hydrogen-bond donors (Lipinski definition) is 1. The van der Waals surface area contributed by atoms with Crippen LogP contribution in [-0.4, -0.2) is 37.6 Å². The number of nitrogens with one attached hydrogen (secondary N) is 1. The molecular weight excluding hydrogens is 220 g/mol. The highest BCUT2D eigenvalue weighted by molar-refractivity contribution is 4.79. The minimum Gasteiger partial charge on any atom is -0.312 e. The van der Waals surface area contributed by atoms with Gasteiger partial charge in [-0.3, -0.25) is 0 Å². The van der Waals surface area contributed by atoms with Crippen molar-refractivity contribution in [3.63, 3.8) is 0 Å². The van der Waals surface area contributed by atoms with Crippen molar-refractivity contribution in [2.75, 3.05) is 20.6 Å². The number of rotatable bonds is 11. The van der Waals surface area contributed by atoms with Crippen LogP contribution in [0.4, 0.5) is 0 Å². The lowest BCUT2D eigenvalue weighted by Gasteiger charge is -2.33. The average Bonchev–Trinajstić information content (AvgIpc) is 2.34. The fraction of sp³-hybridized carbons (Fsp3) is 1.00. The first-order chi connectivity index (χ1) is 8.60. The Balaban J connectivity index is 4.30. The lowest BCUT2D eigenvalue weighted by molar-refractivity contribution is 0.187. The van der Waals surface area contributed by atoms with Gasteiger partial charge in [0.2, 0.25) is 0 Å². The Morgan fingerprint density at radius 2 is 1.39 bits per heavy atom. The molecule has 0 bridgehead atoms. The van der Waals surface area contributed by atoms with Crippen molar-refractivity contribution < 1.29 is 0 Å². The highest BCUT2D eigenvalue weighted by Gasteiger charge is 2.21. The number of nitrogens with zero attached hydrogens (tertiary/aromatic N) is 1. The molecule has 0 aliphatic carbocycles. The van der Waals surface area contributed by atoms with Crippen LogP contribution in [0.15, 0.2) is 0 Å². The van der Waals surface area contributed by atoms with Crippen LogP contribution in [-0.2, 0) is 0 Å². The van der Waals surface area contributed by atoms with E-state index in [9.17, 15) is 0 Å². The van der Waals surface area contributed by atoms with Gasteiger partial charge in [0.25, 0.3) is 0 Å². The van der Waals surface area contributed by atoms with Gasteiger partial charge in [0.05, 0.1) is 0 Å². The molecule has 1 unspecified atom stereocenters. The van der Waals surface area contributed by atoms with Crippen molar-refractivity contribution in [2.24, 2.45) is 5.92 Å². The summed E-state index contributed by atoms with van der Waals surface area (Å²) in [5, 5.41) is 3.81. The summed E-state index contributed by atoms with van der Waals surface area (Å²) in [4.78, 5) is 2.40. The molecule has 2 nitrogen and oxygen atoms in total. The molecule has 0 saturated carbocycles. The normalized spacial score (nSPS) is 13.8. The van der Waals surface area contributed by atoms with Gasteiger partial charge < -0.3 is 10.2 Å². The molecule has 0 aliphatic heterocycles. The standard InChI is InChI=1S/C16H36N2/c1-7-11-15(12-8-2)17-13-16(18(5)6)14(9-3)10-4/h14-17H,7-13H2,1-6H3. The zero-order valence-electron chi connectivity index (χ0n) is 13.6. The third-order valence-corrected chi connectivity index (χ3v) is 4.15. The average molecular weight is 256 g/mol. The van der Waals surface area contributed by atoms with E-state index in [0.29, 0.717) is 6.04 Å². The molecule has 18 heavy (non-hydrogen) atoms. The van der Waals surface area contributed by atoms with Crippen LogP contribution in [0.1, 0.15) is 66.2 Å². The number of likely N-dealkylation sites (N-methyl/N-ethyl adjacent to an activating group) is 1. The molecule has 0 aliphatic rings. The largest absolute Gasteiger partial charge is 0.312 e. The lowest BCUT2D eigenvalue weighted by Crippen LogP contribution is -2.45. The van der Waals surface area contributed by atoms with Crippen LogP contribution < -0.4 is 5.32 Å². The number of hydrogen-bond acceptors (Lipinski definition) is 2. The summed E-state index contributed by atoms with van der Waals surface area (Å²) in [5.74, 6) is 0.816. The highest BCUT2D eigenvalue weighted by Crippen LogP contribution is 2.17. The smallest absolute Gasteiger partial charge is 0.0242 e. The Morgan fingerprint density at radius 3 is 1.72 bits per heavy atom. The lowest BCUT2D eigenvalue weighted by atomic mass is 9.92. The van der Waals surface area contributed by atoms with E-state index in [4.69, 9.17) is 0 Å². The third-order valence-electron chi connectivity index (χ3n) is 4.15. The SMILES string of the molecule is CCCC(CCC)NCC(C(CC)CC)N(C)C. The molecule has 110 valence electrons. The molecule has 0 fully saturated rings. The zero-order chi connectivity index (χ0) is 14.0. The fourth-order valence-corrected chi connectivity index (χ4v) is 2.94. The molecule has 0 saturated heterocycles. The predicted molar refractivity (Wildman–Crippen MR) is 83.2 cm³/mol. The summed E-state index contributed by atoms with van der Waals surface area (Å²) < 4.78 is 0. The molecule has 0 spiro atoms. The quantitative estimate of drug-likeness (QED) is 0.603. The van der Waals surface area contributed by atoms with Crippen LogP contribution in [0.3, 0.4) is 0 Å². The summed E-state index contributed by atoms with van der Waals surface area (Å²) in [6.45, 7) is 10.4. The van der Waals surface area contributed by atoms with Crippen LogP contribution in [0.5, 0.6) is 0 Å². The van der Waals surface area contributed by atoms with E-state index in [0.717, 1.165) is 18.5 Å². The van der Waals surface area contributed by atoms with E-state index in [-0.39, 0.29) is 0 Å². The fourth-order valence-electron chi connectivity index (χ4n) is 2.94. The summed E-state index contributed by atoms with van der Waals surface area (Å²) in [6, 6.07) is 1.40. The molecular formula is C16H36N2. The second-order valence-electron chi connectivity index (χ2n) is 5.79. The molecule has 0 amide bonds. The predicted octanol–water partition coefficient (Wildman–Crippen LogP) is 3.91. The monoisotopic (exact) mass is 256 g/mol. The van der Waals surface area contributed by atoms with Crippen LogP contribution in [0.2, 0.25) is 0 Å². The molecule has 1 N–H and O–H groups in total. The van der Waals surface area contributed by atoms with Crippen molar-refractivity contribution in [1.29, 1.82) is 0 Å². The first-order valence-corrected chi connectivity index (χ1v) is 8.00. The van der Waals surface area contributed by atoms with Gasteiger partial charge in [0.1, 0.15) is 0 Å². The second kappa shape index (κ2) is 10.8. The van der Waals surface area contributed by atoms with Gasteiger partial charge >= 0.3 is 0 Å². The van der Waals surface area contributed by atoms with Crippen LogP contribution in [0, 0.1) is 5.92 Å². The van der Waals surface area contributed by atoms with Gasteiger partial charge in [-0.25, -0.2) is 0 Å². The maximum atomic E-state index is 3.81. The summed E-state index contributed by atoms with van der Waals surface area (Å²) in [5.41, 5.74) is 0. The van der Waals surface area contributed by atoms with Gasteiger partial charge in [-0.05, 0) is 32.9 Å². The Bertz CT molecular complexity index is 170. The van der Waals surface area contributed by atoms with Crippen molar-refractivity contribution in [3.8, 4) is 0 Å². The van der Waals surface area contributed by atoms with E-state index in [1.807, 2.05) is 0 Å². The molecule has 0 aromatic rings. The topological polar surface area (TPSA) is 15.3 Å². The van der Waals surface area contributed by atoms with Crippen molar-refractivity contribution in [1.82, 2.24) is 10.2 Å². The minimum absolute atomic E-state index is 0.677. The third kappa shape index (κ3) is 6.75. The summed E-state index contributed by atoms with van der Waals surface area (Å²) >= 11 is 0. The van der Waals surface area contributed by atoms with Crippen LogP contribution >= 0.6 is 0 Å². The van der Waals surface area contributed by atoms with Crippen molar-refractivity contribution >= 4 is 0 Å². The van der Waals surface area contributed by atoms with E-state index in [1.54, 1.807) is 0 Å². The molecule has 1 atom stereocenters. The second-order valence-corrected chi connectivity index (χ2v) is 5.79. The van der Waals surface area contributed by atoms with E-state index >= 15 is 0 Å². The first kappa shape index (κ1) is 17.9. The summed E-state index contributed by atoms with van der Waals surface area (Å²) in [6.07, 6.45) is 7.78. The molecule has 0 aromatic carbocycles. The Kier molecular flexibility index (Phi) is 10.8. The van der Waals surface area contributed by atoms with Gasteiger partial charge in [0.15, 0.2) is 0 Å². The molecule has 0 rings (SSSR count). The van der Waals surface area contributed by atoms with Crippen LogP contribution in [0.25, 0.3) is 0 Å². The van der Waals surface area contributed by atoms with Gasteiger partial charge in [0, 0.05) is 18.6 Å². The van der Waals surface area contributed by atoms with Gasteiger partial charge in [-0.15, -0.1) is 0 Å². The Hall–Kier alpha value is -0.0800. The zero-order valence-corrected chi connectivity index (χ0v) is 13.6. The van der Waals surface area contributed by atoms with E-state index in [1.165, 1.54) is 38.5 Å². The first-order valence-electron chi connectivity index (χ1n) is 8.00. The minimum atomic E-state index is 0.677. The maximum absolute atomic E-state index is 3.81. The van der Waals surface area contributed by atoms with Crippen molar-refractivity contribution in [3.05, 3.63) is 0 Å². The van der Waals surface area contributed by atoms with Gasteiger partial charge in [-0.1, -0.05) is 53.4 Å². The highest BCUT2D eigenvalue weighted by atomic mass is 15.1. The van der Waals surface area contributed by atoms with Gasteiger partial charge in [-0.2, -0.15) is 0 Å². The van der Waals surface area contributed by atoms with Crippen molar-refractivity contribution in [2.45, 2.75) is 78.3 Å². The van der Waals surface area contributed by atoms with E-state index in [2.05, 4.69) is 52.0 Å². The Labute approximate surface area is 116 Å². The Morgan fingerprint density at radius 1 is 0.889 bits per heavy atom.